The van der Waals surface area contributed by atoms with Gasteiger partial charge in [0.15, 0.2) is 0 Å². The van der Waals surface area contributed by atoms with Crippen LogP contribution >= 0.6 is 0 Å². The lowest BCUT2D eigenvalue weighted by Gasteiger charge is -2.03. The van der Waals surface area contributed by atoms with Crippen LogP contribution in [0.1, 0.15) is 11.1 Å². The molecule has 92 valence electrons. The minimum Gasteiger partial charge on any atom is -0.361 e. The van der Waals surface area contributed by atoms with Gasteiger partial charge in [-0.1, -0.05) is 6.07 Å². The van der Waals surface area contributed by atoms with Crippen molar-refractivity contribution in [1.29, 1.82) is 0 Å². The van der Waals surface area contributed by atoms with E-state index in [1.165, 1.54) is 6.33 Å². The summed E-state index contributed by atoms with van der Waals surface area (Å²) in [6.45, 7) is 1.07. The Hall–Kier alpha value is -2.14. The SMILES string of the molecule is [2H]N([2H])CCc1c[nH]c2ccc(Cn3cncn3)cc12. The minimum absolute atomic E-state index is 0.389. The van der Waals surface area contributed by atoms with E-state index in [1.54, 1.807) is 11.0 Å². The van der Waals surface area contributed by atoms with E-state index in [1.807, 2.05) is 12.3 Å². The van der Waals surface area contributed by atoms with Crippen molar-refractivity contribution < 1.29 is 2.82 Å². The second-order valence-corrected chi connectivity index (χ2v) is 4.26. The molecule has 0 amide bonds. The molecule has 0 saturated carbocycles. The van der Waals surface area contributed by atoms with Gasteiger partial charge in [-0.05, 0) is 36.2 Å². The zero-order chi connectivity index (χ0) is 13.9. The Morgan fingerprint density at radius 3 is 3.28 bits per heavy atom. The summed E-state index contributed by atoms with van der Waals surface area (Å²) in [6, 6.07) is 6.23. The molecule has 0 aliphatic heterocycles. The number of aromatic nitrogens is 4. The number of H-pyrrole nitrogens is 1. The Morgan fingerprint density at radius 2 is 2.44 bits per heavy atom. The monoisotopic (exact) mass is 243 g/mol. The highest BCUT2D eigenvalue weighted by molar-refractivity contribution is 5.83. The van der Waals surface area contributed by atoms with E-state index < -0.39 is 0 Å². The zero-order valence-electron chi connectivity index (χ0n) is 11.9. The van der Waals surface area contributed by atoms with Crippen molar-refractivity contribution in [3.05, 3.63) is 48.2 Å². The van der Waals surface area contributed by atoms with Gasteiger partial charge < -0.3 is 10.7 Å². The van der Waals surface area contributed by atoms with Gasteiger partial charge in [0.05, 0.1) is 6.54 Å². The first-order valence-electron chi connectivity index (χ1n) is 6.78. The van der Waals surface area contributed by atoms with Crippen molar-refractivity contribution in [2.75, 3.05) is 6.54 Å². The number of aromatic amines is 1. The Bertz CT molecular complexity index is 690. The average molecular weight is 243 g/mol. The largest absolute Gasteiger partial charge is 0.361 e. The molecule has 0 fully saturated rings. The van der Waals surface area contributed by atoms with Gasteiger partial charge in [0.2, 0.25) is 0 Å². The average Bonchev–Trinajstić information content (AvgIpc) is 3.05. The second kappa shape index (κ2) is 4.62. The van der Waals surface area contributed by atoms with E-state index >= 15 is 0 Å². The standard InChI is InChI=1S/C13H15N5/c14-4-3-11-6-16-13-2-1-10(5-12(11)13)7-18-9-15-8-17-18/h1-2,5-6,8-9,16H,3-4,7,14H2/i/hD2. The number of nitrogens with one attached hydrogen (secondary N) is 1. The number of rotatable bonds is 5. The quantitative estimate of drug-likeness (QED) is 0.709. The molecule has 1 aromatic carbocycles. The summed E-state index contributed by atoms with van der Waals surface area (Å²) in [5.74, 6) is 0. The van der Waals surface area contributed by atoms with Crippen molar-refractivity contribution in [2.45, 2.75) is 13.0 Å². The molecule has 18 heavy (non-hydrogen) atoms. The Labute approximate surface area is 108 Å². The Morgan fingerprint density at radius 1 is 1.44 bits per heavy atom. The number of hydrogen-bond donors (Lipinski definition) is 2. The number of nitrogens with two attached hydrogens (primary N) is 1. The van der Waals surface area contributed by atoms with E-state index in [4.69, 9.17) is 2.82 Å². The molecule has 0 spiro atoms. The molecule has 3 N–H and O–H groups in total. The van der Waals surface area contributed by atoms with E-state index in [2.05, 4.69) is 27.2 Å². The van der Waals surface area contributed by atoms with Gasteiger partial charge in [-0.3, -0.25) is 0 Å². The maximum atomic E-state index is 7.13. The van der Waals surface area contributed by atoms with Gasteiger partial charge in [-0.2, -0.15) is 5.10 Å². The predicted octanol–water partition coefficient (Wildman–Crippen LogP) is 1.31. The molecule has 0 saturated heterocycles. The molecule has 2 heterocycles. The normalized spacial score (nSPS) is 12.9. The third-order valence-electron chi connectivity index (χ3n) is 3.02. The van der Waals surface area contributed by atoms with Crippen LogP contribution in [0.5, 0.6) is 0 Å². The highest BCUT2D eigenvalue weighted by Gasteiger charge is 2.04. The van der Waals surface area contributed by atoms with Crippen LogP contribution < -0.4 is 5.72 Å². The summed E-state index contributed by atoms with van der Waals surface area (Å²) < 4.78 is 16.0. The van der Waals surface area contributed by atoms with E-state index in [-0.39, 0.29) is 0 Å². The second-order valence-electron chi connectivity index (χ2n) is 4.26. The van der Waals surface area contributed by atoms with Crippen molar-refractivity contribution in [3.8, 4) is 0 Å². The molecule has 0 bridgehead atoms. The summed E-state index contributed by atoms with van der Waals surface area (Å²) in [6.07, 6.45) is 5.85. The Kier molecular flexibility index (Phi) is 2.28. The smallest absolute Gasteiger partial charge is 0.137 e. The fraction of sp³-hybridized carbons (Fsp3) is 0.231. The van der Waals surface area contributed by atoms with E-state index in [0.717, 1.165) is 22.0 Å². The summed E-state index contributed by atoms with van der Waals surface area (Å²) in [5.41, 5.74) is 4.06. The van der Waals surface area contributed by atoms with Crippen LogP contribution in [0.3, 0.4) is 0 Å². The molecule has 0 unspecified atom stereocenters. The van der Waals surface area contributed by atoms with Crippen LogP contribution in [0.25, 0.3) is 10.9 Å². The van der Waals surface area contributed by atoms with Crippen molar-refractivity contribution in [3.63, 3.8) is 0 Å². The maximum Gasteiger partial charge on any atom is 0.137 e. The molecule has 3 rings (SSSR count). The summed E-state index contributed by atoms with van der Waals surface area (Å²) in [4.78, 5) is 7.16. The van der Waals surface area contributed by atoms with Crippen LogP contribution in [-0.2, 0) is 13.0 Å². The molecule has 0 radical (unpaired) electrons. The van der Waals surface area contributed by atoms with Gasteiger partial charge in [0, 0.05) is 17.1 Å². The summed E-state index contributed by atoms with van der Waals surface area (Å²) >= 11 is 0. The zero-order valence-corrected chi connectivity index (χ0v) is 9.87. The fourth-order valence-corrected chi connectivity index (χ4v) is 2.15. The van der Waals surface area contributed by atoms with Gasteiger partial charge in [0.1, 0.15) is 15.5 Å². The molecular formula is C13H15N5. The third-order valence-corrected chi connectivity index (χ3v) is 3.02. The molecule has 2 aromatic heterocycles. The molecule has 0 aliphatic carbocycles. The van der Waals surface area contributed by atoms with Gasteiger partial charge in [-0.25, -0.2) is 9.67 Å². The van der Waals surface area contributed by atoms with E-state index in [9.17, 15) is 0 Å². The topological polar surface area (TPSA) is 72.5 Å². The third kappa shape index (κ3) is 2.00. The lowest BCUT2D eigenvalue weighted by molar-refractivity contribution is 0.685. The van der Waals surface area contributed by atoms with Crippen LogP contribution in [0, 0.1) is 0 Å². The lowest BCUT2D eigenvalue weighted by atomic mass is 10.1. The summed E-state index contributed by atoms with van der Waals surface area (Å²) in [5, 5.41) is 5.25. The van der Waals surface area contributed by atoms with Crippen LogP contribution in [0.4, 0.5) is 0 Å². The van der Waals surface area contributed by atoms with Crippen LogP contribution in [0.15, 0.2) is 37.1 Å². The highest BCUT2D eigenvalue weighted by atomic mass is 15.3. The van der Waals surface area contributed by atoms with Gasteiger partial charge in [0.25, 0.3) is 0 Å². The molecule has 0 atom stereocenters. The predicted molar refractivity (Wildman–Crippen MR) is 70.2 cm³/mol. The fourth-order valence-electron chi connectivity index (χ4n) is 2.15. The lowest BCUT2D eigenvalue weighted by Crippen LogP contribution is -2.02. The maximum absolute atomic E-state index is 7.13. The van der Waals surface area contributed by atoms with Crippen LogP contribution in [0.2, 0.25) is 2.82 Å². The number of fused-ring (bicyclic) bond motifs is 1. The Balaban J connectivity index is 1.86. The van der Waals surface area contributed by atoms with E-state index in [0.29, 0.717) is 25.2 Å². The molecule has 3 aromatic rings. The number of nitrogens with zero attached hydrogens (tertiary/aromatic N) is 3. The van der Waals surface area contributed by atoms with Crippen molar-refractivity contribution >= 4 is 10.9 Å². The van der Waals surface area contributed by atoms with Crippen molar-refractivity contribution in [1.82, 2.24) is 19.7 Å². The molecular weight excluding hydrogens is 226 g/mol. The van der Waals surface area contributed by atoms with Gasteiger partial charge in [-0.15, -0.1) is 0 Å². The van der Waals surface area contributed by atoms with Crippen LogP contribution in [-0.4, -0.2) is 26.3 Å². The first-order chi connectivity index (χ1) is 9.72. The number of benzene rings is 1. The summed E-state index contributed by atoms with van der Waals surface area (Å²) in [7, 11) is 0. The first-order valence-corrected chi connectivity index (χ1v) is 5.89. The highest BCUT2D eigenvalue weighted by Crippen LogP contribution is 2.20. The number of hydrogen-bond acceptors (Lipinski definition) is 3. The first kappa shape index (κ1) is 8.88. The molecule has 5 heteroatoms. The molecule has 5 nitrogen and oxygen atoms in total. The van der Waals surface area contributed by atoms with Gasteiger partial charge >= 0.3 is 0 Å². The molecule has 0 aliphatic rings. The van der Waals surface area contributed by atoms with Crippen molar-refractivity contribution in [2.24, 2.45) is 5.72 Å². The minimum atomic E-state index is 0.389.